The predicted molar refractivity (Wildman–Crippen MR) is 125 cm³/mol. The van der Waals surface area contributed by atoms with E-state index in [1.165, 1.54) is 28.0 Å². The summed E-state index contributed by atoms with van der Waals surface area (Å²) in [5.41, 5.74) is 2.72. The standard InChI is InChI=1S/C22H27N5O3S2/c1-4-30-21(29)19-15-9-5-6-10-16(15)32-20(19)23-18(28)13-31-22-25-24-17(27(22)3)12-14-8-7-11-26(14)2/h7-8,11H,4-6,9-10,12-13H2,1-3H3,(H,23,28). The molecule has 3 aromatic heterocycles. The number of aryl methyl sites for hydroxylation is 2. The van der Waals surface area contributed by atoms with Crippen molar-refractivity contribution in [3.8, 4) is 0 Å². The van der Waals surface area contributed by atoms with E-state index in [9.17, 15) is 9.59 Å². The zero-order valence-electron chi connectivity index (χ0n) is 18.5. The number of carbonyl (C=O) groups is 2. The average Bonchev–Trinajstić information content (AvgIpc) is 3.44. The topological polar surface area (TPSA) is 91.0 Å². The number of aromatic nitrogens is 4. The monoisotopic (exact) mass is 473 g/mol. The largest absolute Gasteiger partial charge is 0.462 e. The van der Waals surface area contributed by atoms with E-state index >= 15 is 0 Å². The summed E-state index contributed by atoms with van der Waals surface area (Å²) in [6.45, 7) is 2.10. The highest BCUT2D eigenvalue weighted by Gasteiger charge is 2.27. The second-order valence-corrected chi connectivity index (χ2v) is 9.77. The molecule has 1 N–H and O–H groups in total. The van der Waals surface area contributed by atoms with Crippen LogP contribution in [0.3, 0.4) is 0 Å². The van der Waals surface area contributed by atoms with E-state index in [0.717, 1.165) is 42.8 Å². The maximum Gasteiger partial charge on any atom is 0.341 e. The van der Waals surface area contributed by atoms with Crippen LogP contribution in [0.25, 0.3) is 0 Å². The Morgan fingerprint density at radius 3 is 2.81 bits per heavy atom. The summed E-state index contributed by atoms with van der Waals surface area (Å²) in [6.07, 6.45) is 6.63. The molecule has 1 aliphatic carbocycles. The third kappa shape index (κ3) is 4.75. The van der Waals surface area contributed by atoms with Gasteiger partial charge in [-0.25, -0.2) is 4.79 Å². The lowest BCUT2D eigenvalue weighted by Gasteiger charge is -2.12. The van der Waals surface area contributed by atoms with Gasteiger partial charge in [0.25, 0.3) is 0 Å². The summed E-state index contributed by atoms with van der Waals surface area (Å²) < 4.78 is 9.23. The highest BCUT2D eigenvalue weighted by molar-refractivity contribution is 7.99. The van der Waals surface area contributed by atoms with Crippen molar-refractivity contribution >= 4 is 40.0 Å². The molecule has 3 heterocycles. The van der Waals surface area contributed by atoms with Crippen LogP contribution in [0.15, 0.2) is 23.5 Å². The van der Waals surface area contributed by atoms with Crippen molar-refractivity contribution in [2.75, 3.05) is 17.7 Å². The van der Waals surface area contributed by atoms with Gasteiger partial charge in [-0.15, -0.1) is 21.5 Å². The predicted octanol–water partition coefficient (Wildman–Crippen LogP) is 3.59. The number of esters is 1. The number of anilines is 1. The molecule has 0 fully saturated rings. The average molecular weight is 474 g/mol. The van der Waals surface area contributed by atoms with Crippen LogP contribution >= 0.6 is 23.1 Å². The Morgan fingerprint density at radius 2 is 2.06 bits per heavy atom. The second-order valence-electron chi connectivity index (χ2n) is 7.72. The van der Waals surface area contributed by atoms with E-state index in [-0.39, 0.29) is 17.6 Å². The number of thiophene rings is 1. The van der Waals surface area contributed by atoms with Gasteiger partial charge in [-0.05, 0) is 50.3 Å². The van der Waals surface area contributed by atoms with Crippen LogP contribution in [0.1, 0.15) is 52.1 Å². The van der Waals surface area contributed by atoms with Crippen LogP contribution in [0.5, 0.6) is 0 Å². The molecule has 32 heavy (non-hydrogen) atoms. The number of ether oxygens (including phenoxy) is 1. The summed E-state index contributed by atoms with van der Waals surface area (Å²) in [5.74, 6) is 0.492. The van der Waals surface area contributed by atoms with Crippen molar-refractivity contribution in [1.82, 2.24) is 19.3 Å². The lowest BCUT2D eigenvalue weighted by atomic mass is 9.95. The second kappa shape index (κ2) is 9.91. The van der Waals surface area contributed by atoms with Crippen LogP contribution in [-0.4, -0.2) is 43.6 Å². The maximum atomic E-state index is 12.7. The molecule has 0 aliphatic heterocycles. The van der Waals surface area contributed by atoms with E-state index < -0.39 is 0 Å². The first-order valence-electron chi connectivity index (χ1n) is 10.7. The van der Waals surface area contributed by atoms with Gasteiger partial charge in [0, 0.05) is 37.3 Å². The molecule has 0 saturated carbocycles. The molecule has 0 spiro atoms. The Labute approximate surface area is 195 Å². The van der Waals surface area contributed by atoms with Gasteiger partial charge >= 0.3 is 5.97 Å². The Hall–Kier alpha value is -2.59. The quantitative estimate of drug-likeness (QED) is 0.397. The van der Waals surface area contributed by atoms with E-state index in [4.69, 9.17) is 4.74 Å². The fraction of sp³-hybridized carbons (Fsp3) is 0.455. The highest BCUT2D eigenvalue weighted by Crippen LogP contribution is 2.38. The van der Waals surface area contributed by atoms with Gasteiger partial charge in [0.05, 0.1) is 17.9 Å². The molecule has 4 rings (SSSR count). The minimum Gasteiger partial charge on any atom is -0.462 e. The van der Waals surface area contributed by atoms with Gasteiger partial charge < -0.3 is 19.2 Å². The molecule has 170 valence electrons. The first kappa shape index (κ1) is 22.6. The van der Waals surface area contributed by atoms with Gasteiger partial charge in [-0.3, -0.25) is 4.79 Å². The molecule has 1 aliphatic rings. The number of fused-ring (bicyclic) bond motifs is 1. The molecule has 1 amide bonds. The van der Waals surface area contributed by atoms with E-state index in [2.05, 4.69) is 26.1 Å². The number of hydrogen-bond acceptors (Lipinski definition) is 7. The minimum atomic E-state index is -0.353. The summed E-state index contributed by atoms with van der Waals surface area (Å²) in [4.78, 5) is 26.5. The van der Waals surface area contributed by atoms with Gasteiger partial charge in [-0.1, -0.05) is 11.8 Å². The summed E-state index contributed by atoms with van der Waals surface area (Å²) >= 11 is 2.83. The van der Waals surface area contributed by atoms with Crippen molar-refractivity contribution < 1.29 is 14.3 Å². The Morgan fingerprint density at radius 1 is 1.25 bits per heavy atom. The fourth-order valence-electron chi connectivity index (χ4n) is 3.83. The van der Waals surface area contributed by atoms with Crippen molar-refractivity contribution in [2.24, 2.45) is 14.1 Å². The van der Waals surface area contributed by atoms with Crippen molar-refractivity contribution in [3.63, 3.8) is 0 Å². The number of thioether (sulfide) groups is 1. The Kier molecular flexibility index (Phi) is 7.00. The number of amides is 1. The molecule has 0 bridgehead atoms. The Bertz CT molecular complexity index is 1130. The summed E-state index contributed by atoms with van der Waals surface area (Å²) in [7, 11) is 3.91. The molecule has 3 aromatic rings. The molecular formula is C22H27N5O3S2. The number of hydrogen-bond donors (Lipinski definition) is 1. The molecule has 8 nitrogen and oxygen atoms in total. The third-order valence-electron chi connectivity index (χ3n) is 5.55. The fourth-order valence-corrected chi connectivity index (χ4v) is 5.86. The molecule has 0 radical (unpaired) electrons. The van der Waals surface area contributed by atoms with Crippen LogP contribution in [0.2, 0.25) is 0 Å². The van der Waals surface area contributed by atoms with E-state index in [0.29, 0.717) is 28.7 Å². The Balaban J connectivity index is 1.42. The maximum absolute atomic E-state index is 12.7. The van der Waals surface area contributed by atoms with E-state index in [1.54, 1.807) is 6.92 Å². The van der Waals surface area contributed by atoms with Crippen LogP contribution in [0.4, 0.5) is 5.00 Å². The number of nitrogens with zero attached hydrogens (tertiary/aromatic N) is 4. The lowest BCUT2D eigenvalue weighted by Crippen LogP contribution is -2.17. The molecule has 10 heteroatoms. The number of carbonyl (C=O) groups excluding carboxylic acids is 2. The number of nitrogens with one attached hydrogen (secondary N) is 1. The first-order valence-corrected chi connectivity index (χ1v) is 12.5. The highest BCUT2D eigenvalue weighted by atomic mass is 32.2. The van der Waals surface area contributed by atoms with Gasteiger partial charge in [0.15, 0.2) is 5.16 Å². The minimum absolute atomic E-state index is 0.175. The van der Waals surface area contributed by atoms with Crippen molar-refractivity contribution in [2.45, 2.75) is 44.2 Å². The van der Waals surface area contributed by atoms with Crippen molar-refractivity contribution in [1.29, 1.82) is 0 Å². The zero-order valence-corrected chi connectivity index (χ0v) is 20.1. The van der Waals surface area contributed by atoms with Crippen LogP contribution in [0, 0.1) is 0 Å². The molecule has 0 aromatic carbocycles. The lowest BCUT2D eigenvalue weighted by molar-refractivity contribution is -0.113. The van der Waals surface area contributed by atoms with Gasteiger partial charge in [0.1, 0.15) is 10.8 Å². The van der Waals surface area contributed by atoms with Gasteiger partial charge in [-0.2, -0.15) is 0 Å². The number of rotatable bonds is 8. The zero-order chi connectivity index (χ0) is 22.7. The summed E-state index contributed by atoms with van der Waals surface area (Å²) in [5, 5.41) is 12.8. The van der Waals surface area contributed by atoms with Crippen LogP contribution in [-0.2, 0) is 42.9 Å². The van der Waals surface area contributed by atoms with E-state index in [1.807, 2.05) is 30.9 Å². The molecule has 0 atom stereocenters. The first-order chi connectivity index (χ1) is 15.5. The smallest absolute Gasteiger partial charge is 0.341 e. The van der Waals surface area contributed by atoms with Crippen LogP contribution < -0.4 is 5.32 Å². The SMILES string of the molecule is CCOC(=O)c1c(NC(=O)CSc2nnc(Cc3cccn3C)n2C)sc2c1CCCC2. The third-order valence-corrected chi connectivity index (χ3v) is 7.78. The normalized spacial score (nSPS) is 13.1. The van der Waals surface area contributed by atoms with Crippen molar-refractivity contribution in [3.05, 3.63) is 45.9 Å². The molecule has 0 unspecified atom stereocenters. The summed E-state index contributed by atoms with van der Waals surface area (Å²) in [6, 6.07) is 4.05. The van der Waals surface area contributed by atoms with Gasteiger partial charge in [0.2, 0.25) is 5.91 Å². The molecular weight excluding hydrogens is 446 g/mol. The molecule has 0 saturated heterocycles.